The van der Waals surface area contributed by atoms with Gasteiger partial charge in [-0.15, -0.1) is 0 Å². The summed E-state index contributed by atoms with van der Waals surface area (Å²) in [5.41, 5.74) is 0.284. The molecule has 1 aliphatic heterocycles. The molecular weight excluding hydrogens is 278 g/mol. The van der Waals surface area contributed by atoms with Crippen molar-refractivity contribution in [3.8, 4) is 0 Å². The van der Waals surface area contributed by atoms with E-state index < -0.39 is 17.7 Å². The molecule has 2 N–H and O–H groups in total. The lowest BCUT2D eigenvalue weighted by atomic mass is 10.1. The van der Waals surface area contributed by atoms with E-state index in [0.29, 0.717) is 0 Å². The highest BCUT2D eigenvalue weighted by Crippen LogP contribution is 2.15. The van der Waals surface area contributed by atoms with E-state index in [1.54, 1.807) is 4.90 Å². The summed E-state index contributed by atoms with van der Waals surface area (Å²) < 4.78 is 25.9. The Kier molecular flexibility index (Phi) is 5.64. The van der Waals surface area contributed by atoms with Gasteiger partial charge >= 0.3 is 0 Å². The number of carbonyl (C=O) groups is 1. The molecule has 1 saturated heterocycles. The third kappa shape index (κ3) is 4.47. The van der Waals surface area contributed by atoms with E-state index in [1.165, 1.54) is 6.07 Å². The zero-order valence-electron chi connectivity index (χ0n) is 11.8. The minimum Gasteiger partial charge on any atom is -0.387 e. The van der Waals surface area contributed by atoms with Crippen molar-refractivity contribution >= 4 is 5.91 Å². The predicted molar refractivity (Wildman–Crippen MR) is 74.6 cm³/mol. The van der Waals surface area contributed by atoms with Crippen molar-refractivity contribution in [2.45, 2.75) is 25.4 Å². The number of aliphatic hydroxyl groups is 1. The quantitative estimate of drug-likeness (QED) is 0.868. The second-order valence-electron chi connectivity index (χ2n) is 5.26. The number of nitrogens with one attached hydrogen (secondary N) is 1. The van der Waals surface area contributed by atoms with Crippen LogP contribution < -0.4 is 5.32 Å². The van der Waals surface area contributed by atoms with Gasteiger partial charge in [-0.1, -0.05) is 6.07 Å². The third-order valence-corrected chi connectivity index (χ3v) is 3.65. The van der Waals surface area contributed by atoms with E-state index in [9.17, 15) is 18.7 Å². The number of hydrogen-bond donors (Lipinski definition) is 2. The number of amides is 1. The minimum atomic E-state index is -0.990. The van der Waals surface area contributed by atoms with E-state index in [1.807, 2.05) is 0 Å². The number of piperidine rings is 1. The van der Waals surface area contributed by atoms with Crippen molar-refractivity contribution < 1.29 is 18.7 Å². The van der Waals surface area contributed by atoms with Crippen LogP contribution in [0, 0.1) is 11.6 Å². The minimum absolute atomic E-state index is 0.00665. The van der Waals surface area contributed by atoms with Gasteiger partial charge in [-0.05, 0) is 37.0 Å². The van der Waals surface area contributed by atoms with E-state index >= 15 is 0 Å². The van der Waals surface area contributed by atoms with Gasteiger partial charge in [0.25, 0.3) is 0 Å². The Balaban J connectivity index is 1.76. The van der Waals surface area contributed by atoms with Crippen molar-refractivity contribution in [2.75, 3.05) is 26.2 Å². The highest BCUT2D eigenvalue weighted by Gasteiger charge is 2.16. The maximum atomic E-state index is 13.1. The van der Waals surface area contributed by atoms with Crippen molar-refractivity contribution in [1.82, 2.24) is 10.2 Å². The van der Waals surface area contributed by atoms with Crippen LogP contribution in [0.25, 0.3) is 0 Å². The highest BCUT2D eigenvalue weighted by atomic mass is 19.2. The van der Waals surface area contributed by atoms with Gasteiger partial charge in [0.1, 0.15) is 0 Å². The van der Waals surface area contributed by atoms with Gasteiger partial charge in [0.05, 0.1) is 12.6 Å². The van der Waals surface area contributed by atoms with Crippen molar-refractivity contribution in [2.24, 2.45) is 0 Å². The molecule has 1 heterocycles. The Morgan fingerprint density at radius 3 is 2.62 bits per heavy atom. The SMILES string of the molecule is O=C(CNCC(O)c1ccc(F)c(F)c1)N1CCCCC1. The molecule has 1 unspecified atom stereocenters. The summed E-state index contributed by atoms with van der Waals surface area (Å²) in [6, 6.07) is 3.28. The van der Waals surface area contributed by atoms with E-state index in [4.69, 9.17) is 0 Å². The zero-order chi connectivity index (χ0) is 15.2. The van der Waals surface area contributed by atoms with Gasteiger partial charge < -0.3 is 15.3 Å². The number of halogens is 2. The normalized spacial score (nSPS) is 16.8. The molecule has 6 heteroatoms. The second kappa shape index (κ2) is 7.47. The number of benzene rings is 1. The summed E-state index contributed by atoms with van der Waals surface area (Å²) in [6.45, 7) is 1.82. The summed E-state index contributed by atoms with van der Waals surface area (Å²) >= 11 is 0. The largest absolute Gasteiger partial charge is 0.387 e. The van der Waals surface area contributed by atoms with Gasteiger partial charge in [-0.25, -0.2) is 8.78 Å². The molecule has 4 nitrogen and oxygen atoms in total. The van der Waals surface area contributed by atoms with Crippen LogP contribution in [0.2, 0.25) is 0 Å². The van der Waals surface area contributed by atoms with E-state index in [2.05, 4.69) is 5.32 Å². The Morgan fingerprint density at radius 2 is 1.95 bits per heavy atom. The Bertz CT molecular complexity index is 491. The molecular formula is C15H20F2N2O2. The van der Waals surface area contributed by atoms with Crippen LogP contribution in [-0.4, -0.2) is 42.1 Å². The van der Waals surface area contributed by atoms with Crippen molar-refractivity contribution in [3.05, 3.63) is 35.4 Å². The number of likely N-dealkylation sites (tertiary alicyclic amines) is 1. The fourth-order valence-electron chi connectivity index (χ4n) is 2.41. The van der Waals surface area contributed by atoms with Gasteiger partial charge in [0, 0.05) is 19.6 Å². The van der Waals surface area contributed by atoms with Gasteiger partial charge in [-0.3, -0.25) is 4.79 Å². The Labute approximate surface area is 122 Å². The molecule has 1 amide bonds. The fraction of sp³-hybridized carbons (Fsp3) is 0.533. The van der Waals surface area contributed by atoms with Crippen LogP contribution in [0.15, 0.2) is 18.2 Å². The Morgan fingerprint density at radius 1 is 1.24 bits per heavy atom. The van der Waals surface area contributed by atoms with Gasteiger partial charge in [0.2, 0.25) is 5.91 Å². The summed E-state index contributed by atoms with van der Waals surface area (Å²) in [5, 5.41) is 12.7. The molecule has 21 heavy (non-hydrogen) atoms. The van der Waals surface area contributed by atoms with Crippen LogP contribution in [0.5, 0.6) is 0 Å². The molecule has 0 radical (unpaired) electrons. The molecule has 1 aliphatic rings. The molecule has 0 aliphatic carbocycles. The number of aliphatic hydroxyl groups excluding tert-OH is 1. The number of nitrogens with zero attached hydrogens (tertiary/aromatic N) is 1. The number of rotatable bonds is 5. The third-order valence-electron chi connectivity index (χ3n) is 3.65. The first-order valence-corrected chi connectivity index (χ1v) is 7.19. The fourth-order valence-corrected chi connectivity index (χ4v) is 2.41. The van der Waals surface area contributed by atoms with E-state index in [-0.39, 0.29) is 24.6 Å². The van der Waals surface area contributed by atoms with Crippen LogP contribution in [0.1, 0.15) is 30.9 Å². The predicted octanol–water partition coefficient (Wildman–Crippen LogP) is 1.60. The molecule has 1 fully saturated rings. The van der Waals surface area contributed by atoms with Gasteiger partial charge in [-0.2, -0.15) is 0 Å². The molecule has 1 aromatic rings. The van der Waals surface area contributed by atoms with Crippen LogP contribution in [0.4, 0.5) is 8.78 Å². The topological polar surface area (TPSA) is 52.6 Å². The first-order valence-electron chi connectivity index (χ1n) is 7.19. The Hall–Kier alpha value is -1.53. The molecule has 0 bridgehead atoms. The second-order valence-corrected chi connectivity index (χ2v) is 5.26. The summed E-state index contributed by atoms with van der Waals surface area (Å²) in [4.78, 5) is 13.7. The molecule has 1 atom stereocenters. The smallest absolute Gasteiger partial charge is 0.236 e. The van der Waals surface area contributed by atoms with Gasteiger partial charge in [0.15, 0.2) is 11.6 Å². The average Bonchev–Trinajstić information content (AvgIpc) is 2.50. The maximum absolute atomic E-state index is 13.1. The molecule has 1 aromatic carbocycles. The van der Waals surface area contributed by atoms with Crippen molar-refractivity contribution in [1.29, 1.82) is 0 Å². The summed E-state index contributed by atoms with van der Waals surface area (Å²) in [6.07, 6.45) is 2.24. The number of hydrogen-bond acceptors (Lipinski definition) is 3. The van der Waals surface area contributed by atoms with Crippen molar-refractivity contribution in [3.63, 3.8) is 0 Å². The van der Waals surface area contributed by atoms with E-state index in [0.717, 1.165) is 44.5 Å². The maximum Gasteiger partial charge on any atom is 0.236 e. The lowest BCUT2D eigenvalue weighted by Crippen LogP contribution is -2.41. The highest BCUT2D eigenvalue weighted by molar-refractivity contribution is 5.78. The molecule has 0 aromatic heterocycles. The van der Waals surface area contributed by atoms with Crippen LogP contribution in [-0.2, 0) is 4.79 Å². The van der Waals surface area contributed by atoms with Crippen LogP contribution >= 0.6 is 0 Å². The van der Waals surface area contributed by atoms with Crippen LogP contribution in [0.3, 0.4) is 0 Å². The number of carbonyl (C=O) groups excluding carboxylic acids is 1. The monoisotopic (exact) mass is 298 g/mol. The summed E-state index contributed by atoms with van der Waals surface area (Å²) in [7, 11) is 0. The summed E-state index contributed by atoms with van der Waals surface area (Å²) in [5.74, 6) is -1.93. The standard InChI is InChI=1S/C15H20F2N2O2/c16-12-5-4-11(8-13(12)17)14(20)9-18-10-15(21)19-6-2-1-3-7-19/h4-5,8,14,18,20H,1-3,6-7,9-10H2. The average molecular weight is 298 g/mol. The molecule has 2 rings (SSSR count). The molecule has 0 spiro atoms. The lowest BCUT2D eigenvalue weighted by molar-refractivity contribution is -0.131. The first kappa shape index (κ1) is 15.9. The molecule has 0 saturated carbocycles. The zero-order valence-corrected chi connectivity index (χ0v) is 11.8. The lowest BCUT2D eigenvalue weighted by Gasteiger charge is -2.27. The molecule has 116 valence electrons. The first-order chi connectivity index (χ1) is 10.1.